The van der Waals surface area contributed by atoms with Gasteiger partial charge < -0.3 is 14.2 Å². The molecule has 8 nitrogen and oxygen atoms in total. The smallest absolute Gasteiger partial charge is 0.302 e. The predicted octanol–water partition coefficient (Wildman–Crippen LogP) is 4.13. The first kappa shape index (κ1) is 20.2. The number of aryl methyl sites for hydroxylation is 1. The highest BCUT2D eigenvalue weighted by Gasteiger charge is 2.14. The van der Waals surface area contributed by atoms with Crippen LogP contribution in [-0.4, -0.2) is 39.1 Å². The molecule has 0 saturated carbocycles. The molecular weight excluding hydrogens is 396 g/mol. The number of carbonyl (C=O) groups is 1. The summed E-state index contributed by atoms with van der Waals surface area (Å²) in [4.78, 5) is 28.4. The van der Waals surface area contributed by atoms with Gasteiger partial charge in [0.25, 0.3) is 0 Å². The lowest BCUT2D eigenvalue weighted by molar-refractivity contribution is -0.141. The number of benzene rings is 1. The molecule has 0 saturated heterocycles. The van der Waals surface area contributed by atoms with Crippen LogP contribution in [0.2, 0.25) is 0 Å². The second kappa shape index (κ2) is 9.17. The highest BCUT2D eigenvalue weighted by Crippen LogP contribution is 2.34. The van der Waals surface area contributed by atoms with E-state index in [1.807, 2.05) is 37.3 Å². The summed E-state index contributed by atoms with van der Waals surface area (Å²) in [6, 6.07) is 12.7. The fourth-order valence-corrected chi connectivity index (χ4v) is 2.95. The van der Waals surface area contributed by atoms with Crippen molar-refractivity contribution in [1.82, 2.24) is 19.9 Å². The van der Waals surface area contributed by atoms with Gasteiger partial charge in [-0.05, 0) is 49.4 Å². The second-order valence-electron chi connectivity index (χ2n) is 6.65. The third-order valence-corrected chi connectivity index (χ3v) is 4.33. The quantitative estimate of drug-likeness (QED) is 0.328. The van der Waals surface area contributed by atoms with Crippen molar-refractivity contribution >= 4 is 16.9 Å². The average Bonchev–Trinajstić information content (AvgIpc) is 2.78. The fourth-order valence-electron chi connectivity index (χ4n) is 2.95. The van der Waals surface area contributed by atoms with Crippen LogP contribution in [0, 0.1) is 6.92 Å². The molecule has 0 fully saturated rings. The first-order chi connectivity index (χ1) is 15.1. The van der Waals surface area contributed by atoms with E-state index in [0.29, 0.717) is 28.8 Å². The third kappa shape index (κ3) is 4.92. The van der Waals surface area contributed by atoms with Crippen LogP contribution in [-0.2, 0) is 9.53 Å². The molecule has 8 heteroatoms. The van der Waals surface area contributed by atoms with Gasteiger partial charge in [-0.1, -0.05) is 0 Å². The Bertz CT molecular complexity index is 1210. The van der Waals surface area contributed by atoms with Crippen LogP contribution < -0.4 is 9.47 Å². The molecular formula is C23H20N4O4. The zero-order valence-electron chi connectivity index (χ0n) is 17.1. The Morgan fingerprint density at radius 3 is 2.58 bits per heavy atom. The molecule has 3 heterocycles. The van der Waals surface area contributed by atoms with Crippen molar-refractivity contribution in [2.24, 2.45) is 0 Å². The van der Waals surface area contributed by atoms with E-state index in [1.54, 1.807) is 30.7 Å². The summed E-state index contributed by atoms with van der Waals surface area (Å²) in [5.74, 6) is 1.89. The van der Waals surface area contributed by atoms with E-state index in [-0.39, 0.29) is 19.2 Å². The number of hydrogen-bond acceptors (Lipinski definition) is 8. The van der Waals surface area contributed by atoms with E-state index in [1.165, 1.54) is 6.92 Å². The molecule has 0 aliphatic carbocycles. The molecule has 0 spiro atoms. The van der Waals surface area contributed by atoms with Crippen molar-refractivity contribution in [1.29, 1.82) is 0 Å². The normalized spacial score (nSPS) is 10.6. The highest BCUT2D eigenvalue weighted by atomic mass is 16.6. The summed E-state index contributed by atoms with van der Waals surface area (Å²) in [6.45, 7) is 3.69. The van der Waals surface area contributed by atoms with E-state index in [2.05, 4.69) is 19.9 Å². The maximum atomic E-state index is 10.9. The topological polar surface area (TPSA) is 96.3 Å². The maximum Gasteiger partial charge on any atom is 0.302 e. The molecule has 0 N–H and O–H groups in total. The standard InChI is InChI=1S/C23H20N4O4/c1-15-4-7-21(22(27-15)23-25-9-3-10-26-23)31-20-8-11-24-19-6-5-17(14-18(19)20)30-13-12-29-16(2)28/h3-11,14H,12-13H2,1-2H3. The zero-order valence-corrected chi connectivity index (χ0v) is 17.1. The van der Waals surface area contributed by atoms with Gasteiger partial charge in [-0.15, -0.1) is 0 Å². The van der Waals surface area contributed by atoms with Crippen molar-refractivity contribution in [3.05, 3.63) is 66.7 Å². The Morgan fingerprint density at radius 1 is 0.935 bits per heavy atom. The van der Waals surface area contributed by atoms with Gasteiger partial charge in [0.2, 0.25) is 0 Å². The summed E-state index contributed by atoms with van der Waals surface area (Å²) in [5, 5.41) is 0.771. The van der Waals surface area contributed by atoms with Crippen molar-refractivity contribution in [3.63, 3.8) is 0 Å². The Balaban J connectivity index is 1.64. The van der Waals surface area contributed by atoms with Gasteiger partial charge in [0.15, 0.2) is 17.3 Å². The maximum absolute atomic E-state index is 10.9. The molecule has 4 aromatic rings. The summed E-state index contributed by atoms with van der Waals surface area (Å²) in [5.41, 5.74) is 2.14. The van der Waals surface area contributed by atoms with Crippen molar-refractivity contribution < 1.29 is 19.0 Å². The molecule has 0 atom stereocenters. The van der Waals surface area contributed by atoms with Crippen LogP contribution in [0.25, 0.3) is 22.4 Å². The number of fused-ring (bicyclic) bond motifs is 1. The Kier molecular flexibility index (Phi) is 5.98. The summed E-state index contributed by atoms with van der Waals surface area (Å²) >= 11 is 0. The molecule has 4 rings (SSSR count). The second-order valence-corrected chi connectivity index (χ2v) is 6.65. The number of aromatic nitrogens is 4. The van der Waals surface area contributed by atoms with E-state index in [0.717, 1.165) is 16.6 Å². The zero-order chi connectivity index (χ0) is 21.6. The Hall–Kier alpha value is -4.07. The summed E-state index contributed by atoms with van der Waals surface area (Å²) in [6.07, 6.45) is 5.01. The molecule has 1 aromatic carbocycles. The number of carbonyl (C=O) groups excluding carboxylic acids is 1. The number of ether oxygens (including phenoxy) is 3. The van der Waals surface area contributed by atoms with Crippen molar-refractivity contribution in [2.75, 3.05) is 13.2 Å². The third-order valence-electron chi connectivity index (χ3n) is 4.33. The predicted molar refractivity (Wildman–Crippen MR) is 114 cm³/mol. The lowest BCUT2D eigenvalue weighted by Crippen LogP contribution is -2.09. The monoisotopic (exact) mass is 416 g/mol. The summed E-state index contributed by atoms with van der Waals surface area (Å²) < 4.78 is 16.8. The van der Waals surface area contributed by atoms with Gasteiger partial charge in [0.05, 0.1) is 5.52 Å². The lowest BCUT2D eigenvalue weighted by Gasteiger charge is -2.13. The van der Waals surface area contributed by atoms with Crippen LogP contribution >= 0.6 is 0 Å². The highest BCUT2D eigenvalue weighted by molar-refractivity contribution is 5.86. The van der Waals surface area contributed by atoms with Crippen molar-refractivity contribution in [3.8, 4) is 28.8 Å². The SMILES string of the molecule is CC(=O)OCCOc1ccc2nccc(Oc3ccc(C)nc3-c3ncccn3)c2c1. The first-order valence-electron chi connectivity index (χ1n) is 9.68. The Labute approximate surface area is 178 Å². The lowest BCUT2D eigenvalue weighted by atomic mass is 10.2. The van der Waals surface area contributed by atoms with Gasteiger partial charge in [-0.3, -0.25) is 9.78 Å². The van der Waals surface area contributed by atoms with Gasteiger partial charge in [-0.2, -0.15) is 0 Å². The van der Waals surface area contributed by atoms with Gasteiger partial charge in [-0.25, -0.2) is 15.0 Å². The number of hydrogen-bond donors (Lipinski definition) is 0. The van der Waals surface area contributed by atoms with Crippen LogP contribution in [0.1, 0.15) is 12.6 Å². The molecule has 156 valence electrons. The summed E-state index contributed by atoms with van der Waals surface area (Å²) in [7, 11) is 0. The van der Waals surface area contributed by atoms with Crippen LogP contribution in [0.3, 0.4) is 0 Å². The van der Waals surface area contributed by atoms with Crippen LogP contribution in [0.15, 0.2) is 61.1 Å². The number of nitrogens with zero attached hydrogens (tertiary/aromatic N) is 4. The molecule has 0 aliphatic rings. The van der Waals surface area contributed by atoms with E-state index in [9.17, 15) is 4.79 Å². The van der Waals surface area contributed by atoms with E-state index in [4.69, 9.17) is 14.2 Å². The van der Waals surface area contributed by atoms with E-state index < -0.39 is 0 Å². The van der Waals surface area contributed by atoms with Gasteiger partial charge in [0.1, 0.15) is 24.7 Å². The fraction of sp³-hybridized carbons (Fsp3) is 0.174. The van der Waals surface area contributed by atoms with Crippen molar-refractivity contribution in [2.45, 2.75) is 13.8 Å². The number of pyridine rings is 2. The molecule has 31 heavy (non-hydrogen) atoms. The largest absolute Gasteiger partial charge is 0.490 e. The van der Waals surface area contributed by atoms with Crippen LogP contribution in [0.4, 0.5) is 0 Å². The first-order valence-corrected chi connectivity index (χ1v) is 9.68. The van der Waals surface area contributed by atoms with Crippen LogP contribution in [0.5, 0.6) is 17.2 Å². The molecule has 3 aromatic heterocycles. The average molecular weight is 416 g/mol. The minimum atomic E-state index is -0.341. The molecule has 0 amide bonds. The number of esters is 1. The minimum absolute atomic E-state index is 0.180. The Morgan fingerprint density at radius 2 is 1.77 bits per heavy atom. The number of rotatable bonds is 7. The van der Waals surface area contributed by atoms with Gasteiger partial charge in [0, 0.05) is 36.6 Å². The molecule has 0 bridgehead atoms. The minimum Gasteiger partial charge on any atom is -0.490 e. The van der Waals surface area contributed by atoms with Gasteiger partial charge >= 0.3 is 5.97 Å². The molecule has 0 aliphatic heterocycles. The molecule has 0 radical (unpaired) electrons. The molecule has 0 unspecified atom stereocenters. The van der Waals surface area contributed by atoms with E-state index >= 15 is 0 Å².